The molecule has 0 saturated heterocycles. The van der Waals surface area contributed by atoms with Gasteiger partial charge in [-0.15, -0.1) is 0 Å². The normalized spacial score (nSPS) is 18.8. The van der Waals surface area contributed by atoms with Crippen LogP contribution in [-0.2, 0) is 4.79 Å². The quantitative estimate of drug-likeness (QED) is 0.773. The molecule has 0 saturated carbocycles. The molecule has 0 unspecified atom stereocenters. The van der Waals surface area contributed by atoms with Gasteiger partial charge in [0.15, 0.2) is 0 Å². The van der Waals surface area contributed by atoms with Gasteiger partial charge in [-0.2, -0.15) is 0 Å². The van der Waals surface area contributed by atoms with E-state index in [1.165, 1.54) is 11.8 Å². The lowest BCUT2D eigenvalue weighted by Gasteiger charge is -1.93. The molecular weight excluding hydrogens is 260 g/mol. The van der Waals surface area contributed by atoms with E-state index in [-0.39, 0.29) is 5.12 Å². The maximum atomic E-state index is 11.2. The van der Waals surface area contributed by atoms with Gasteiger partial charge in [0.05, 0.1) is 4.48 Å². The van der Waals surface area contributed by atoms with Gasteiger partial charge in [-0.1, -0.05) is 30.3 Å². The third-order valence-electron chi connectivity index (χ3n) is 1.78. The average Bonchev–Trinajstić information content (AvgIpc) is 2.47. The van der Waals surface area contributed by atoms with Crippen molar-refractivity contribution in [2.45, 2.75) is 0 Å². The van der Waals surface area contributed by atoms with Gasteiger partial charge in [0, 0.05) is 4.91 Å². The molecule has 14 heavy (non-hydrogen) atoms. The Morgan fingerprint density at radius 3 is 2.50 bits per heavy atom. The van der Waals surface area contributed by atoms with Crippen LogP contribution in [0.3, 0.4) is 0 Å². The van der Waals surface area contributed by atoms with Crippen LogP contribution in [0.5, 0.6) is 0 Å². The lowest BCUT2D eigenvalue weighted by molar-refractivity contribution is -0.107. The Labute approximate surface area is 95.0 Å². The number of hydrogen-bond donors (Lipinski definition) is 0. The number of allylic oxidation sites excluding steroid dienone is 1. The average molecular weight is 267 g/mol. The van der Waals surface area contributed by atoms with Crippen molar-refractivity contribution in [1.82, 2.24) is 0 Å². The summed E-state index contributed by atoms with van der Waals surface area (Å²) >= 11 is 4.46. The summed E-state index contributed by atoms with van der Waals surface area (Å²) in [6, 6.07) is 9.95. The first-order valence-corrected chi connectivity index (χ1v) is 5.73. The van der Waals surface area contributed by atoms with Gasteiger partial charge in [0.1, 0.15) is 0 Å². The van der Waals surface area contributed by atoms with Gasteiger partial charge in [0.25, 0.3) is 0 Å². The van der Waals surface area contributed by atoms with E-state index in [1.54, 1.807) is 0 Å². The first kappa shape index (κ1) is 9.74. The standard InChI is InChI=1S/C11H7BrOS/c12-10-7-9(14-11(10)13)6-8-4-2-1-3-5-8/h1-7H/b9-6+. The number of carbonyl (C=O) groups is 1. The van der Waals surface area contributed by atoms with Crippen LogP contribution in [0.15, 0.2) is 45.8 Å². The number of benzene rings is 1. The first-order chi connectivity index (χ1) is 6.75. The van der Waals surface area contributed by atoms with E-state index in [1.807, 2.05) is 42.5 Å². The monoisotopic (exact) mass is 266 g/mol. The lowest BCUT2D eigenvalue weighted by Crippen LogP contribution is -1.79. The Balaban J connectivity index is 2.26. The van der Waals surface area contributed by atoms with Crippen molar-refractivity contribution in [3.8, 4) is 0 Å². The van der Waals surface area contributed by atoms with Crippen LogP contribution in [0, 0.1) is 0 Å². The molecule has 0 radical (unpaired) electrons. The molecule has 2 rings (SSSR count). The first-order valence-electron chi connectivity index (χ1n) is 4.12. The summed E-state index contributed by atoms with van der Waals surface area (Å²) in [5.74, 6) is 0. The highest BCUT2D eigenvalue weighted by molar-refractivity contribution is 9.12. The fraction of sp³-hybridized carbons (Fsp3) is 0. The molecule has 1 aromatic carbocycles. The Hall–Kier alpha value is -0.800. The lowest BCUT2D eigenvalue weighted by atomic mass is 10.2. The number of rotatable bonds is 1. The predicted octanol–water partition coefficient (Wildman–Crippen LogP) is 3.58. The molecule has 0 atom stereocenters. The zero-order valence-corrected chi connectivity index (χ0v) is 9.64. The maximum absolute atomic E-state index is 11.2. The van der Waals surface area contributed by atoms with E-state index in [4.69, 9.17) is 0 Å². The van der Waals surface area contributed by atoms with Gasteiger partial charge < -0.3 is 0 Å². The Bertz CT molecular complexity index is 420. The highest BCUT2D eigenvalue weighted by Crippen LogP contribution is 2.34. The minimum Gasteiger partial charge on any atom is -0.281 e. The molecule has 1 aliphatic rings. The molecular formula is C11H7BrOS. The van der Waals surface area contributed by atoms with Gasteiger partial charge in [-0.25, -0.2) is 0 Å². The summed E-state index contributed by atoms with van der Waals surface area (Å²) in [7, 11) is 0. The van der Waals surface area contributed by atoms with Crippen molar-refractivity contribution in [1.29, 1.82) is 0 Å². The van der Waals surface area contributed by atoms with Crippen LogP contribution in [-0.4, -0.2) is 5.12 Å². The van der Waals surface area contributed by atoms with Crippen molar-refractivity contribution in [3.05, 3.63) is 51.4 Å². The third-order valence-corrected chi connectivity index (χ3v) is 3.51. The minimum absolute atomic E-state index is 0.0761. The van der Waals surface area contributed by atoms with Crippen LogP contribution in [0.2, 0.25) is 0 Å². The van der Waals surface area contributed by atoms with E-state index < -0.39 is 0 Å². The Morgan fingerprint density at radius 2 is 1.93 bits per heavy atom. The highest BCUT2D eigenvalue weighted by atomic mass is 79.9. The summed E-state index contributed by atoms with van der Waals surface area (Å²) in [6.45, 7) is 0. The predicted molar refractivity (Wildman–Crippen MR) is 64.0 cm³/mol. The molecule has 0 bridgehead atoms. The second-order valence-corrected chi connectivity index (χ2v) is 4.74. The second kappa shape index (κ2) is 4.15. The molecule has 0 spiro atoms. The van der Waals surface area contributed by atoms with Crippen molar-refractivity contribution < 1.29 is 4.79 Å². The van der Waals surface area contributed by atoms with Crippen LogP contribution >= 0.6 is 27.7 Å². The molecule has 1 heterocycles. The molecule has 70 valence electrons. The largest absolute Gasteiger partial charge is 0.281 e. The maximum Gasteiger partial charge on any atom is 0.231 e. The Morgan fingerprint density at radius 1 is 1.21 bits per heavy atom. The number of halogens is 1. The van der Waals surface area contributed by atoms with E-state index in [2.05, 4.69) is 15.9 Å². The zero-order chi connectivity index (χ0) is 9.97. The van der Waals surface area contributed by atoms with Crippen molar-refractivity contribution in [3.63, 3.8) is 0 Å². The van der Waals surface area contributed by atoms with Crippen LogP contribution in [0.1, 0.15) is 5.56 Å². The van der Waals surface area contributed by atoms with Crippen LogP contribution in [0.25, 0.3) is 6.08 Å². The topological polar surface area (TPSA) is 17.1 Å². The van der Waals surface area contributed by atoms with Crippen molar-refractivity contribution >= 4 is 38.9 Å². The summed E-state index contributed by atoms with van der Waals surface area (Å²) in [6.07, 6.45) is 3.84. The smallest absolute Gasteiger partial charge is 0.231 e. The Kier molecular flexibility index (Phi) is 2.89. The fourth-order valence-electron chi connectivity index (χ4n) is 1.15. The van der Waals surface area contributed by atoms with E-state index >= 15 is 0 Å². The SMILES string of the molecule is O=C1S/C(=C/c2ccccc2)C=C1Br. The van der Waals surface area contributed by atoms with E-state index in [0.29, 0.717) is 4.48 Å². The van der Waals surface area contributed by atoms with E-state index in [0.717, 1.165) is 10.5 Å². The molecule has 0 aromatic heterocycles. The second-order valence-electron chi connectivity index (χ2n) is 2.84. The van der Waals surface area contributed by atoms with Gasteiger partial charge in [-0.05, 0) is 45.4 Å². The number of thioether (sulfide) groups is 1. The molecule has 0 aliphatic carbocycles. The summed E-state index contributed by atoms with van der Waals surface area (Å²) in [5.41, 5.74) is 1.11. The molecule has 1 aromatic rings. The summed E-state index contributed by atoms with van der Waals surface area (Å²) in [5, 5.41) is 0.0761. The molecule has 3 heteroatoms. The molecule has 1 aliphatic heterocycles. The molecule has 0 amide bonds. The minimum atomic E-state index is 0.0761. The van der Waals surface area contributed by atoms with Crippen molar-refractivity contribution in [2.24, 2.45) is 0 Å². The fourth-order valence-corrected chi connectivity index (χ4v) is 2.54. The molecule has 1 nitrogen and oxygen atoms in total. The summed E-state index contributed by atoms with van der Waals surface area (Å²) in [4.78, 5) is 12.2. The van der Waals surface area contributed by atoms with Gasteiger partial charge >= 0.3 is 0 Å². The van der Waals surface area contributed by atoms with E-state index in [9.17, 15) is 4.79 Å². The summed E-state index contributed by atoms with van der Waals surface area (Å²) < 4.78 is 0.643. The third kappa shape index (κ3) is 2.16. The molecule has 0 fully saturated rings. The molecule has 0 N–H and O–H groups in total. The highest BCUT2D eigenvalue weighted by Gasteiger charge is 2.17. The number of hydrogen-bond acceptors (Lipinski definition) is 2. The van der Waals surface area contributed by atoms with Crippen molar-refractivity contribution in [2.75, 3.05) is 0 Å². The number of carbonyl (C=O) groups excluding carboxylic acids is 1. The zero-order valence-electron chi connectivity index (χ0n) is 7.24. The van der Waals surface area contributed by atoms with Crippen LogP contribution < -0.4 is 0 Å². The van der Waals surface area contributed by atoms with Gasteiger partial charge in [0.2, 0.25) is 5.12 Å². The van der Waals surface area contributed by atoms with Gasteiger partial charge in [-0.3, -0.25) is 4.79 Å². The van der Waals surface area contributed by atoms with Crippen LogP contribution in [0.4, 0.5) is 0 Å².